The summed E-state index contributed by atoms with van der Waals surface area (Å²) in [6.07, 6.45) is 0.582. The van der Waals surface area contributed by atoms with E-state index >= 15 is 0 Å². The zero-order valence-corrected chi connectivity index (χ0v) is 17.6. The largest absolute Gasteiger partial charge is 0.494 e. The number of amides is 2. The van der Waals surface area contributed by atoms with Gasteiger partial charge in [0.1, 0.15) is 11.5 Å². The van der Waals surface area contributed by atoms with Crippen LogP contribution in [0, 0.1) is 0 Å². The molecule has 3 aromatic rings. The van der Waals surface area contributed by atoms with Crippen molar-refractivity contribution in [3.63, 3.8) is 0 Å². The first-order valence-corrected chi connectivity index (χ1v) is 9.58. The normalized spacial score (nSPS) is 11.5. The molecule has 0 aliphatic rings. The van der Waals surface area contributed by atoms with E-state index in [9.17, 15) is 9.59 Å². The molecule has 0 saturated carbocycles. The molecular formula is C21H18Cl2N2O5. The Labute approximate surface area is 182 Å². The van der Waals surface area contributed by atoms with Gasteiger partial charge in [-0.1, -0.05) is 23.2 Å². The summed E-state index contributed by atoms with van der Waals surface area (Å²) in [4.78, 5) is 24.6. The Kier molecular flexibility index (Phi) is 6.87. The summed E-state index contributed by atoms with van der Waals surface area (Å²) >= 11 is 11.9. The standard InChI is InChI=1S/C21H18Cl2N2O5/c1-12(30-17-8-5-13(22)10-15(17)23)20(26)24-14-6-7-16(19(11-14)28-2)25-21(27)18-4-3-9-29-18/h3-12H,1-2H3,(H,24,26)(H,25,27). The maximum Gasteiger partial charge on any atom is 0.291 e. The van der Waals surface area contributed by atoms with Crippen molar-refractivity contribution in [1.29, 1.82) is 0 Å². The van der Waals surface area contributed by atoms with Crippen LogP contribution in [0.3, 0.4) is 0 Å². The Morgan fingerprint density at radius 3 is 2.50 bits per heavy atom. The summed E-state index contributed by atoms with van der Waals surface area (Å²) in [6, 6.07) is 12.7. The van der Waals surface area contributed by atoms with E-state index in [4.69, 9.17) is 37.1 Å². The highest BCUT2D eigenvalue weighted by Crippen LogP contribution is 2.30. The Balaban J connectivity index is 1.66. The van der Waals surface area contributed by atoms with E-state index in [1.165, 1.54) is 19.4 Å². The number of hydrogen-bond acceptors (Lipinski definition) is 5. The minimum Gasteiger partial charge on any atom is -0.494 e. The SMILES string of the molecule is COc1cc(NC(=O)C(C)Oc2ccc(Cl)cc2Cl)ccc1NC(=O)c1ccco1. The quantitative estimate of drug-likeness (QED) is 0.514. The second-order valence-corrected chi connectivity index (χ2v) is 7.01. The van der Waals surface area contributed by atoms with Crippen molar-refractivity contribution < 1.29 is 23.5 Å². The van der Waals surface area contributed by atoms with Crippen LogP contribution in [0.4, 0.5) is 11.4 Å². The third-order valence-electron chi connectivity index (χ3n) is 4.03. The highest BCUT2D eigenvalue weighted by molar-refractivity contribution is 6.35. The van der Waals surface area contributed by atoms with Crippen LogP contribution < -0.4 is 20.1 Å². The molecule has 0 spiro atoms. The molecule has 156 valence electrons. The van der Waals surface area contributed by atoms with E-state index in [1.807, 2.05) is 0 Å². The number of rotatable bonds is 7. The maximum absolute atomic E-state index is 12.5. The van der Waals surface area contributed by atoms with Crippen LogP contribution in [0.2, 0.25) is 10.0 Å². The lowest BCUT2D eigenvalue weighted by atomic mass is 10.2. The maximum atomic E-state index is 12.5. The van der Waals surface area contributed by atoms with Gasteiger partial charge in [-0.15, -0.1) is 0 Å². The first-order chi connectivity index (χ1) is 14.4. The van der Waals surface area contributed by atoms with Crippen LogP contribution in [-0.2, 0) is 4.79 Å². The van der Waals surface area contributed by atoms with Gasteiger partial charge in [-0.3, -0.25) is 9.59 Å². The molecule has 1 atom stereocenters. The van der Waals surface area contributed by atoms with Crippen LogP contribution in [0.1, 0.15) is 17.5 Å². The molecule has 3 rings (SSSR count). The monoisotopic (exact) mass is 448 g/mol. The molecule has 0 aliphatic carbocycles. The van der Waals surface area contributed by atoms with Crippen molar-refractivity contribution in [3.8, 4) is 11.5 Å². The highest BCUT2D eigenvalue weighted by Gasteiger charge is 2.18. The lowest BCUT2D eigenvalue weighted by molar-refractivity contribution is -0.122. The first kappa shape index (κ1) is 21.5. The van der Waals surface area contributed by atoms with Crippen molar-refractivity contribution in [3.05, 3.63) is 70.6 Å². The van der Waals surface area contributed by atoms with Gasteiger partial charge < -0.3 is 24.5 Å². The van der Waals surface area contributed by atoms with E-state index < -0.39 is 17.9 Å². The number of halogens is 2. The topological polar surface area (TPSA) is 89.8 Å². The number of carbonyl (C=O) groups excluding carboxylic acids is 2. The van der Waals surface area contributed by atoms with E-state index in [1.54, 1.807) is 49.4 Å². The molecule has 0 saturated heterocycles. The number of anilines is 2. The molecule has 7 nitrogen and oxygen atoms in total. The molecule has 9 heteroatoms. The number of methoxy groups -OCH3 is 1. The molecule has 0 aliphatic heterocycles. The Bertz CT molecular complexity index is 1050. The van der Waals surface area contributed by atoms with Crippen LogP contribution in [-0.4, -0.2) is 25.0 Å². The van der Waals surface area contributed by atoms with Crippen LogP contribution in [0.5, 0.6) is 11.5 Å². The smallest absolute Gasteiger partial charge is 0.291 e. The summed E-state index contributed by atoms with van der Waals surface area (Å²) in [5, 5.41) is 6.20. The number of furan rings is 1. The second kappa shape index (κ2) is 9.56. The molecule has 30 heavy (non-hydrogen) atoms. The number of benzene rings is 2. The van der Waals surface area contributed by atoms with Gasteiger partial charge in [0.25, 0.3) is 11.8 Å². The minimum atomic E-state index is -0.826. The number of hydrogen-bond donors (Lipinski definition) is 2. The van der Waals surface area contributed by atoms with Crippen molar-refractivity contribution >= 4 is 46.4 Å². The number of nitrogens with one attached hydrogen (secondary N) is 2. The summed E-state index contributed by atoms with van der Waals surface area (Å²) in [5.41, 5.74) is 0.889. The minimum absolute atomic E-state index is 0.168. The Morgan fingerprint density at radius 2 is 1.83 bits per heavy atom. The first-order valence-electron chi connectivity index (χ1n) is 8.83. The summed E-state index contributed by atoms with van der Waals surface area (Å²) < 4.78 is 16.0. The Hall–Kier alpha value is -3.16. The van der Waals surface area contributed by atoms with Crippen molar-refractivity contribution in [1.82, 2.24) is 0 Å². The fourth-order valence-corrected chi connectivity index (χ4v) is 2.98. The van der Waals surface area contributed by atoms with Crippen LogP contribution in [0.15, 0.2) is 59.2 Å². The zero-order chi connectivity index (χ0) is 21.7. The predicted octanol–water partition coefficient (Wildman–Crippen LogP) is 5.25. The van der Waals surface area contributed by atoms with E-state index in [0.717, 1.165) is 0 Å². The van der Waals surface area contributed by atoms with Gasteiger partial charge in [-0.25, -0.2) is 0 Å². The summed E-state index contributed by atoms with van der Waals surface area (Å²) in [7, 11) is 1.46. The van der Waals surface area contributed by atoms with Gasteiger partial charge in [-0.2, -0.15) is 0 Å². The van der Waals surface area contributed by atoms with Gasteiger partial charge in [0.05, 0.1) is 24.1 Å². The highest BCUT2D eigenvalue weighted by atomic mass is 35.5. The van der Waals surface area contributed by atoms with E-state index in [2.05, 4.69) is 10.6 Å². The molecule has 0 radical (unpaired) electrons. The molecule has 2 aromatic carbocycles. The number of carbonyl (C=O) groups is 2. The molecule has 0 fully saturated rings. The fourth-order valence-electron chi connectivity index (χ4n) is 2.52. The lowest BCUT2D eigenvalue weighted by Gasteiger charge is -2.17. The lowest BCUT2D eigenvalue weighted by Crippen LogP contribution is -2.30. The van der Waals surface area contributed by atoms with Gasteiger partial charge in [-0.05, 0) is 49.4 Å². The third kappa shape index (κ3) is 5.25. The van der Waals surface area contributed by atoms with Crippen molar-refractivity contribution in [2.24, 2.45) is 0 Å². The average molecular weight is 449 g/mol. The van der Waals surface area contributed by atoms with Gasteiger partial charge in [0, 0.05) is 16.8 Å². The second-order valence-electron chi connectivity index (χ2n) is 6.17. The fraction of sp³-hybridized carbons (Fsp3) is 0.143. The molecular weight excluding hydrogens is 431 g/mol. The van der Waals surface area contributed by atoms with Gasteiger partial charge >= 0.3 is 0 Å². The molecule has 1 aromatic heterocycles. The molecule has 2 N–H and O–H groups in total. The number of ether oxygens (including phenoxy) is 2. The van der Waals surface area contributed by atoms with Gasteiger partial charge in [0.2, 0.25) is 0 Å². The molecule has 1 unspecified atom stereocenters. The molecule has 1 heterocycles. The van der Waals surface area contributed by atoms with Crippen LogP contribution >= 0.6 is 23.2 Å². The Morgan fingerprint density at radius 1 is 1.03 bits per heavy atom. The van der Waals surface area contributed by atoms with E-state index in [0.29, 0.717) is 32.9 Å². The molecule has 0 bridgehead atoms. The van der Waals surface area contributed by atoms with Crippen molar-refractivity contribution in [2.75, 3.05) is 17.7 Å². The third-order valence-corrected chi connectivity index (χ3v) is 4.56. The predicted molar refractivity (Wildman–Crippen MR) is 115 cm³/mol. The van der Waals surface area contributed by atoms with Crippen molar-refractivity contribution in [2.45, 2.75) is 13.0 Å². The summed E-state index contributed by atoms with van der Waals surface area (Å²) in [5.74, 6) is 0.0629. The molecule has 2 amide bonds. The zero-order valence-electron chi connectivity index (χ0n) is 16.1. The summed E-state index contributed by atoms with van der Waals surface area (Å²) in [6.45, 7) is 1.59. The van der Waals surface area contributed by atoms with Gasteiger partial charge in [0.15, 0.2) is 11.9 Å². The average Bonchev–Trinajstić information content (AvgIpc) is 3.26. The van der Waals surface area contributed by atoms with E-state index in [-0.39, 0.29) is 5.76 Å². The van der Waals surface area contributed by atoms with Crippen LogP contribution in [0.25, 0.3) is 0 Å².